The Morgan fingerprint density at radius 2 is 0.537 bits per heavy atom. The molecule has 0 aromatic carbocycles. The number of carbonyl (C=O) groups excluding carboxylic acids is 4. The molecule has 108 heavy (non-hydrogen) atoms. The molecule has 0 rings (SSSR count). The second-order valence-electron chi connectivity index (χ2n) is 25.9. The Balaban J connectivity index is 5.53. The summed E-state index contributed by atoms with van der Waals surface area (Å²) in [6, 6.07) is 0. The van der Waals surface area contributed by atoms with Gasteiger partial charge in [0.05, 0.1) is 32.8 Å². The lowest BCUT2D eigenvalue weighted by Crippen LogP contribution is -2.30. The lowest BCUT2D eigenvalue weighted by molar-refractivity contribution is -0.161. The van der Waals surface area contributed by atoms with E-state index < -0.39 is 97.5 Å². The number of rotatable bonds is 73. The van der Waals surface area contributed by atoms with Gasteiger partial charge in [-0.25, -0.2) is 9.13 Å². The number of aliphatic hydroxyl groups excluding tert-OH is 1. The van der Waals surface area contributed by atoms with Crippen LogP contribution in [-0.4, -0.2) is 96.7 Å². The molecule has 5 atom stereocenters. The summed E-state index contributed by atoms with van der Waals surface area (Å²) in [5.74, 6) is -2.48. The molecule has 608 valence electrons. The minimum Gasteiger partial charge on any atom is -0.462 e. The highest BCUT2D eigenvalue weighted by molar-refractivity contribution is 7.47. The third kappa shape index (κ3) is 77.8. The van der Waals surface area contributed by atoms with Crippen LogP contribution >= 0.6 is 15.6 Å². The molecular formula is C89H140O17P2. The zero-order valence-corrected chi connectivity index (χ0v) is 68.2. The van der Waals surface area contributed by atoms with Crippen LogP contribution in [0.2, 0.25) is 0 Å². The second-order valence-corrected chi connectivity index (χ2v) is 28.8. The molecule has 0 bridgehead atoms. The fraction of sp³-hybridized carbons (Fsp3) is 0.573. The second kappa shape index (κ2) is 78.8. The molecule has 0 saturated carbocycles. The maximum absolute atomic E-state index is 13.1. The van der Waals surface area contributed by atoms with E-state index in [1.807, 2.05) is 30.4 Å². The minimum absolute atomic E-state index is 0.0213. The number of ether oxygens (including phenoxy) is 4. The van der Waals surface area contributed by atoms with Gasteiger partial charge in [0, 0.05) is 19.3 Å². The smallest absolute Gasteiger partial charge is 0.462 e. The number of carbonyl (C=O) groups is 4. The molecule has 0 heterocycles. The number of unbranched alkanes of at least 4 members (excludes halogenated alkanes) is 14. The first kappa shape index (κ1) is 102. The molecule has 0 aliphatic rings. The molecule has 0 amide bonds. The number of phosphoric ester groups is 2. The van der Waals surface area contributed by atoms with E-state index in [9.17, 15) is 43.2 Å². The highest BCUT2D eigenvalue weighted by Gasteiger charge is 2.30. The molecule has 0 aliphatic heterocycles. The molecule has 0 aromatic heterocycles. The van der Waals surface area contributed by atoms with Crippen LogP contribution in [0.1, 0.15) is 272 Å². The number of hydrogen-bond donors (Lipinski definition) is 3. The van der Waals surface area contributed by atoms with Crippen molar-refractivity contribution in [2.24, 2.45) is 0 Å². The first-order valence-electron chi connectivity index (χ1n) is 40.3. The largest absolute Gasteiger partial charge is 0.472 e. The van der Waals surface area contributed by atoms with Crippen LogP contribution in [0.5, 0.6) is 0 Å². The normalized spacial score (nSPS) is 14.9. The lowest BCUT2D eigenvalue weighted by Gasteiger charge is -2.21. The Morgan fingerprint density at radius 1 is 0.278 bits per heavy atom. The van der Waals surface area contributed by atoms with E-state index in [2.05, 4.69) is 192 Å². The lowest BCUT2D eigenvalue weighted by atomic mass is 10.1. The Kier molecular flexibility index (Phi) is 74.1. The number of hydrogen-bond acceptors (Lipinski definition) is 15. The Morgan fingerprint density at radius 3 is 0.880 bits per heavy atom. The summed E-state index contributed by atoms with van der Waals surface area (Å²) in [6.45, 7) is 4.24. The van der Waals surface area contributed by atoms with Crippen LogP contribution < -0.4 is 0 Å². The molecule has 0 radical (unpaired) electrons. The first-order valence-corrected chi connectivity index (χ1v) is 43.3. The summed E-state index contributed by atoms with van der Waals surface area (Å²) in [5.41, 5.74) is 0. The van der Waals surface area contributed by atoms with Gasteiger partial charge in [-0.2, -0.15) is 0 Å². The van der Waals surface area contributed by atoms with Crippen molar-refractivity contribution in [3.8, 4) is 0 Å². The van der Waals surface area contributed by atoms with Crippen molar-refractivity contribution in [3.05, 3.63) is 207 Å². The van der Waals surface area contributed by atoms with Gasteiger partial charge in [-0.3, -0.25) is 37.3 Å². The van der Waals surface area contributed by atoms with Crippen LogP contribution in [-0.2, 0) is 65.4 Å². The van der Waals surface area contributed by atoms with Crippen molar-refractivity contribution in [1.29, 1.82) is 0 Å². The molecule has 3 N–H and O–H groups in total. The number of allylic oxidation sites excluding steroid dienone is 33. The number of esters is 4. The van der Waals surface area contributed by atoms with Crippen LogP contribution in [0, 0.1) is 0 Å². The van der Waals surface area contributed by atoms with E-state index in [1.54, 1.807) is 12.2 Å². The van der Waals surface area contributed by atoms with Crippen LogP contribution in [0.25, 0.3) is 0 Å². The van der Waals surface area contributed by atoms with Crippen molar-refractivity contribution >= 4 is 39.5 Å². The molecule has 19 heteroatoms. The van der Waals surface area contributed by atoms with Crippen molar-refractivity contribution in [2.75, 3.05) is 39.6 Å². The fourth-order valence-corrected chi connectivity index (χ4v) is 11.3. The van der Waals surface area contributed by atoms with E-state index in [4.69, 9.17) is 37.0 Å². The van der Waals surface area contributed by atoms with Crippen molar-refractivity contribution < 1.29 is 80.2 Å². The van der Waals surface area contributed by atoms with E-state index in [-0.39, 0.29) is 25.7 Å². The predicted octanol–water partition coefficient (Wildman–Crippen LogP) is 23.9. The summed E-state index contributed by atoms with van der Waals surface area (Å²) >= 11 is 0. The van der Waals surface area contributed by atoms with Crippen LogP contribution in [0.3, 0.4) is 0 Å². The average molecular weight is 1540 g/mol. The Labute approximate surface area is 652 Å². The highest BCUT2D eigenvalue weighted by atomic mass is 31.2. The summed E-state index contributed by atoms with van der Waals surface area (Å²) in [6.07, 6.45) is 98.5. The molecule has 0 aromatic rings. The van der Waals surface area contributed by atoms with Crippen LogP contribution in [0.15, 0.2) is 207 Å². The Bertz CT molecular complexity index is 2860. The highest BCUT2D eigenvalue weighted by Crippen LogP contribution is 2.45. The maximum atomic E-state index is 13.1. The third-order valence-electron chi connectivity index (χ3n) is 15.8. The van der Waals surface area contributed by atoms with Gasteiger partial charge in [0.1, 0.15) is 19.3 Å². The summed E-state index contributed by atoms with van der Waals surface area (Å²) in [7, 11) is -10.0. The molecule has 0 spiro atoms. The van der Waals surface area contributed by atoms with Gasteiger partial charge in [0.2, 0.25) is 0 Å². The standard InChI is InChI=1S/C89H140O17P2/c1-5-9-13-17-21-25-29-33-37-39-41-43-47-49-53-57-61-65-69-73-86(91)99-79-84(105-88(93)75-71-67-63-59-55-51-45-35-31-27-23-19-15-11-7-3)81-103-107(95,96)101-77-83(90)78-102-108(97,98)104-82-85(106-89(94)76-72-68-64-60-56-52-46-36-32-28-24-20-16-12-8-4)80-100-87(92)74-70-66-62-58-54-50-48-44-42-40-38-34-30-26-22-18-14-10-6-2/h9,11-13,15-16,21-28,33-38,41-46,49,53,56,60-61,65,68,72,83-85,90H,5-8,10,14,17-20,29-32,39-40,47-48,50-52,54-55,57-59,62-64,66-67,69-71,73-82H2,1-4H3,(H,95,96)(H,97,98)/b13-9-,15-11-,16-12-,25-21-,26-22-,27-23-,28-24-,37-33-,38-34-,43-41-,44-42-,45-35-,46-36-,53-49-,60-56-,65-61-,72-68-. The average Bonchev–Trinajstić information content (AvgIpc) is 0.923. The molecule has 5 unspecified atom stereocenters. The summed E-state index contributed by atoms with van der Waals surface area (Å²) in [5, 5.41) is 10.6. The predicted molar refractivity (Wildman–Crippen MR) is 445 cm³/mol. The molecular weight excluding hydrogens is 1400 g/mol. The van der Waals surface area contributed by atoms with Crippen molar-refractivity contribution in [2.45, 2.75) is 290 Å². The van der Waals surface area contributed by atoms with E-state index >= 15 is 0 Å². The van der Waals surface area contributed by atoms with Crippen LogP contribution in [0.4, 0.5) is 0 Å². The van der Waals surface area contributed by atoms with Crippen molar-refractivity contribution in [1.82, 2.24) is 0 Å². The number of phosphoric acid groups is 2. The van der Waals surface area contributed by atoms with Gasteiger partial charge in [0.15, 0.2) is 12.2 Å². The van der Waals surface area contributed by atoms with Gasteiger partial charge in [0.25, 0.3) is 0 Å². The Hall–Kier alpha value is -6.36. The number of aliphatic hydroxyl groups is 1. The fourth-order valence-electron chi connectivity index (χ4n) is 9.75. The summed E-state index contributed by atoms with van der Waals surface area (Å²) in [4.78, 5) is 73.0. The van der Waals surface area contributed by atoms with Gasteiger partial charge in [-0.1, -0.05) is 292 Å². The van der Waals surface area contributed by atoms with Gasteiger partial charge < -0.3 is 33.8 Å². The summed E-state index contributed by atoms with van der Waals surface area (Å²) < 4.78 is 68.4. The maximum Gasteiger partial charge on any atom is 0.472 e. The van der Waals surface area contributed by atoms with E-state index in [0.29, 0.717) is 32.1 Å². The zero-order chi connectivity index (χ0) is 78.9. The minimum atomic E-state index is -5.02. The van der Waals surface area contributed by atoms with Gasteiger partial charge >= 0.3 is 39.5 Å². The van der Waals surface area contributed by atoms with E-state index in [0.717, 1.165) is 167 Å². The van der Waals surface area contributed by atoms with Crippen molar-refractivity contribution in [3.63, 3.8) is 0 Å². The monoisotopic (exact) mass is 1540 g/mol. The quantitative estimate of drug-likeness (QED) is 0.0169. The molecule has 17 nitrogen and oxygen atoms in total. The SMILES string of the molecule is CC/C=C\C/C=C\C/C=C\C/C=C\C/C=C\C/C=C\CCC(=O)OCC(COP(=O)(O)OCC(O)COP(=O)(O)OCC(COC(=O)CCCCCCCC/C=C\C/C=C\C/C=C\CCCCC)OC(=O)C/C=C\C/C=C\C/C=C\C/C=C\C/C=C\CC)OC(=O)CCCCCCC/C=C\C/C=C\C/C=C\CC. The third-order valence-corrected chi connectivity index (χ3v) is 17.7. The topological polar surface area (TPSA) is 237 Å². The van der Waals surface area contributed by atoms with Gasteiger partial charge in [-0.15, -0.1) is 0 Å². The molecule has 0 aliphatic carbocycles. The molecule has 0 fully saturated rings. The van der Waals surface area contributed by atoms with Gasteiger partial charge in [-0.05, 0) is 161 Å². The zero-order valence-electron chi connectivity index (χ0n) is 66.4. The van der Waals surface area contributed by atoms with E-state index in [1.165, 1.54) is 19.3 Å². The molecule has 0 saturated heterocycles. The first-order chi connectivity index (χ1) is 52.7.